The second kappa shape index (κ2) is 11.0. The summed E-state index contributed by atoms with van der Waals surface area (Å²) in [6.45, 7) is 1.84. The van der Waals surface area contributed by atoms with Crippen LogP contribution in [0.4, 0.5) is 10.1 Å². The van der Waals surface area contributed by atoms with Crippen LogP contribution in [0.25, 0.3) is 0 Å². The van der Waals surface area contributed by atoms with Crippen LogP contribution < -0.4 is 10.1 Å². The Morgan fingerprint density at radius 3 is 2.30 bits per heavy atom. The van der Waals surface area contributed by atoms with E-state index in [4.69, 9.17) is 4.74 Å². The average molecular weight is 465 g/mol. The predicted molar refractivity (Wildman–Crippen MR) is 129 cm³/mol. The van der Waals surface area contributed by atoms with Crippen molar-refractivity contribution in [3.8, 4) is 5.75 Å². The largest absolute Gasteiger partial charge is 0.488 e. The summed E-state index contributed by atoms with van der Waals surface area (Å²) >= 11 is 1.87. The third kappa shape index (κ3) is 6.35. The Morgan fingerprint density at radius 1 is 0.909 bits per heavy atom. The van der Waals surface area contributed by atoms with E-state index in [1.807, 2.05) is 28.8 Å². The zero-order chi connectivity index (χ0) is 23.0. The van der Waals surface area contributed by atoms with Crippen LogP contribution in [0.5, 0.6) is 5.75 Å². The molecule has 170 valence electrons. The number of carbonyl (C=O) groups excluding carboxylic acids is 2. The Balaban J connectivity index is 1.36. The van der Waals surface area contributed by atoms with Gasteiger partial charge in [0.25, 0.3) is 5.91 Å². The maximum absolute atomic E-state index is 13.1. The number of nitrogens with zero attached hydrogens (tertiary/aromatic N) is 1. The number of carbonyl (C=O) groups is 2. The molecule has 1 saturated heterocycles. The Bertz CT molecular complexity index is 1100. The van der Waals surface area contributed by atoms with Gasteiger partial charge in [-0.15, -0.1) is 0 Å². The maximum atomic E-state index is 13.1. The van der Waals surface area contributed by atoms with Crippen molar-refractivity contribution in [1.82, 2.24) is 4.90 Å². The van der Waals surface area contributed by atoms with E-state index in [2.05, 4.69) is 5.32 Å². The number of para-hydroxylation sites is 1. The number of rotatable bonds is 7. The molecule has 1 aliphatic rings. The first-order valence-corrected chi connectivity index (χ1v) is 12.0. The van der Waals surface area contributed by atoms with Crippen molar-refractivity contribution in [1.29, 1.82) is 0 Å². The molecule has 3 aromatic rings. The first kappa shape index (κ1) is 22.9. The standard InChI is InChI=1S/C26H25FN2O3S/c27-21-9-5-20(6-10-21)18-32-24-4-2-1-3-23(24)26(31)28-22-11-7-19(8-12-22)17-25(30)29-13-15-33-16-14-29/h1-12H,13-18H2,(H,28,31). The summed E-state index contributed by atoms with van der Waals surface area (Å²) in [7, 11) is 0. The molecule has 33 heavy (non-hydrogen) atoms. The molecule has 2 amide bonds. The minimum Gasteiger partial charge on any atom is -0.488 e. The van der Waals surface area contributed by atoms with Crippen molar-refractivity contribution >= 4 is 29.3 Å². The Hall–Kier alpha value is -3.32. The van der Waals surface area contributed by atoms with Crippen molar-refractivity contribution in [2.45, 2.75) is 13.0 Å². The molecule has 1 fully saturated rings. The Labute approximate surface area is 196 Å². The third-order valence-corrected chi connectivity index (χ3v) is 6.31. The van der Waals surface area contributed by atoms with Crippen molar-refractivity contribution in [2.24, 2.45) is 0 Å². The fourth-order valence-corrected chi connectivity index (χ4v) is 4.43. The number of halogens is 1. The second-order valence-corrected chi connectivity index (χ2v) is 8.96. The molecule has 0 unspecified atom stereocenters. The summed E-state index contributed by atoms with van der Waals surface area (Å²) in [5.41, 5.74) is 2.76. The van der Waals surface area contributed by atoms with Crippen molar-refractivity contribution < 1.29 is 18.7 Å². The molecule has 4 rings (SSSR count). The van der Waals surface area contributed by atoms with Crippen LogP contribution in [-0.4, -0.2) is 41.3 Å². The van der Waals surface area contributed by atoms with Gasteiger partial charge in [-0.1, -0.05) is 36.4 Å². The number of ether oxygens (including phenoxy) is 1. The van der Waals surface area contributed by atoms with Gasteiger partial charge in [-0.2, -0.15) is 11.8 Å². The van der Waals surface area contributed by atoms with Crippen molar-refractivity contribution in [2.75, 3.05) is 29.9 Å². The third-order valence-electron chi connectivity index (χ3n) is 5.37. The molecule has 5 nitrogen and oxygen atoms in total. The molecule has 0 aromatic heterocycles. The number of amides is 2. The van der Waals surface area contributed by atoms with Crippen LogP contribution in [0.3, 0.4) is 0 Å². The molecule has 0 atom stereocenters. The quantitative estimate of drug-likeness (QED) is 0.547. The zero-order valence-corrected chi connectivity index (χ0v) is 18.9. The fourth-order valence-electron chi connectivity index (χ4n) is 3.53. The number of hydrogen-bond acceptors (Lipinski definition) is 4. The van der Waals surface area contributed by atoms with E-state index in [9.17, 15) is 14.0 Å². The van der Waals surface area contributed by atoms with E-state index in [-0.39, 0.29) is 24.2 Å². The van der Waals surface area contributed by atoms with Crippen LogP contribution in [0, 0.1) is 5.82 Å². The van der Waals surface area contributed by atoms with Gasteiger partial charge >= 0.3 is 0 Å². The predicted octanol–water partition coefficient (Wildman–Crippen LogP) is 4.77. The summed E-state index contributed by atoms with van der Waals surface area (Å²) in [6, 6.07) is 20.4. The van der Waals surface area contributed by atoms with E-state index in [1.54, 1.807) is 48.5 Å². The van der Waals surface area contributed by atoms with E-state index >= 15 is 0 Å². The maximum Gasteiger partial charge on any atom is 0.259 e. The Morgan fingerprint density at radius 2 is 1.58 bits per heavy atom. The number of anilines is 1. The minimum absolute atomic E-state index is 0.138. The second-order valence-electron chi connectivity index (χ2n) is 7.73. The summed E-state index contributed by atoms with van der Waals surface area (Å²) in [6.07, 6.45) is 0.360. The molecule has 0 bridgehead atoms. The summed E-state index contributed by atoms with van der Waals surface area (Å²) in [5, 5.41) is 2.88. The topological polar surface area (TPSA) is 58.6 Å². The highest BCUT2D eigenvalue weighted by atomic mass is 32.2. The van der Waals surface area contributed by atoms with Gasteiger partial charge in [0.1, 0.15) is 18.2 Å². The first-order valence-electron chi connectivity index (χ1n) is 10.8. The molecule has 0 spiro atoms. The van der Waals surface area contributed by atoms with Gasteiger partial charge in [0.05, 0.1) is 12.0 Å². The molecule has 1 N–H and O–H groups in total. The minimum atomic E-state index is -0.306. The van der Waals surface area contributed by atoms with Gasteiger partial charge in [0.15, 0.2) is 0 Å². The fraction of sp³-hybridized carbons (Fsp3) is 0.231. The monoisotopic (exact) mass is 464 g/mol. The Kier molecular flexibility index (Phi) is 7.62. The lowest BCUT2D eigenvalue weighted by atomic mass is 10.1. The van der Waals surface area contributed by atoms with Crippen LogP contribution in [0.15, 0.2) is 72.8 Å². The van der Waals surface area contributed by atoms with Gasteiger partial charge < -0.3 is 15.0 Å². The highest BCUT2D eigenvalue weighted by molar-refractivity contribution is 7.99. The summed E-state index contributed by atoms with van der Waals surface area (Å²) in [4.78, 5) is 27.2. The van der Waals surface area contributed by atoms with Gasteiger partial charge in [0.2, 0.25) is 5.91 Å². The average Bonchev–Trinajstić information content (AvgIpc) is 2.85. The van der Waals surface area contributed by atoms with Crippen molar-refractivity contribution in [3.63, 3.8) is 0 Å². The number of nitrogens with one attached hydrogen (secondary N) is 1. The molecule has 0 radical (unpaired) electrons. The lowest BCUT2D eigenvalue weighted by molar-refractivity contribution is -0.130. The van der Waals surface area contributed by atoms with Crippen molar-refractivity contribution in [3.05, 3.63) is 95.3 Å². The lowest BCUT2D eigenvalue weighted by Crippen LogP contribution is -2.38. The highest BCUT2D eigenvalue weighted by Gasteiger charge is 2.17. The molecular formula is C26H25FN2O3S. The van der Waals surface area contributed by atoms with E-state index in [1.165, 1.54) is 12.1 Å². The van der Waals surface area contributed by atoms with Crippen LogP contribution in [0.2, 0.25) is 0 Å². The van der Waals surface area contributed by atoms with Crippen LogP contribution in [0.1, 0.15) is 21.5 Å². The van der Waals surface area contributed by atoms with Gasteiger partial charge in [-0.3, -0.25) is 9.59 Å². The van der Waals surface area contributed by atoms with E-state index < -0.39 is 0 Å². The van der Waals surface area contributed by atoms with E-state index in [0.29, 0.717) is 23.4 Å². The molecule has 3 aromatic carbocycles. The normalized spacial score (nSPS) is 13.4. The van der Waals surface area contributed by atoms with Gasteiger partial charge in [0, 0.05) is 30.3 Å². The van der Waals surface area contributed by atoms with E-state index in [0.717, 1.165) is 35.7 Å². The molecule has 7 heteroatoms. The highest BCUT2D eigenvalue weighted by Crippen LogP contribution is 2.22. The molecule has 0 aliphatic carbocycles. The molecule has 1 aliphatic heterocycles. The molecule has 1 heterocycles. The first-order chi connectivity index (χ1) is 16.1. The SMILES string of the molecule is O=C(Nc1ccc(CC(=O)N2CCSCC2)cc1)c1ccccc1OCc1ccc(F)cc1. The smallest absolute Gasteiger partial charge is 0.259 e. The number of thioether (sulfide) groups is 1. The summed E-state index contributed by atoms with van der Waals surface area (Å²) < 4.78 is 18.9. The lowest BCUT2D eigenvalue weighted by Gasteiger charge is -2.26. The van der Waals surface area contributed by atoms with Gasteiger partial charge in [-0.25, -0.2) is 4.39 Å². The summed E-state index contributed by atoms with van der Waals surface area (Å²) in [5.74, 6) is 1.97. The molecular weight excluding hydrogens is 439 g/mol. The number of hydrogen-bond donors (Lipinski definition) is 1. The van der Waals surface area contributed by atoms with Gasteiger partial charge in [-0.05, 0) is 47.5 Å². The van der Waals surface area contributed by atoms with Crippen LogP contribution >= 0.6 is 11.8 Å². The number of benzene rings is 3. The zero-order valence-electron chi connectivity index (χ0n) is 18.1. The van der Waals surface area contributed by atoms with Crippen LogP contribution in [-0.2, 0) is 17.8 Å². The molecule has 0 saturated carbocycles.